The molecule has 1 atom stereocenters. The highest BCUT2D eigenvalue weighted by atomic mass is 16.3. The van der Waals surface area contributed by atoms with Crippen LogP contribution in [0.15, 0.2) is 29.0 Å². The Hall–Kier alpha value is -1.39. The van der Waals surface area contributed by atoms with Crippen LogP contribution in [-0.4, -0.2) is 25.6 Å². The second kappa shape index (κ2) is 4.94. The van der Waals surface area contributed by atoms with Crippen molar-refractivity contribution in [2.75, 3.05) is 20.6 Å². The van der Waals surface area contributed by atoms with Gasteiger partial charge in [0.05, 0.1) is 0 Å². The summed E-state index contributed by atoms with van der Waals surface area (Å²) in [5, 5.41) is 6.85. The van der Waals surface area contributed by atoms with E-state index in [9.17, 15) is 0 Å². The monoisotopic (exact) mass is 259 g/mol. The van der Waals surface area contributed by atoms with Gasteiger partial charge in [-0.3, -0.25) is 0 Å². The fourth-order valence-electron chi connectivity index (χ4n) is 3.43. The topological polar surface area (TPSA) is 50.1 Å². The summed E-state index contributed by atoms with van der Waals surface area (Å²) in [7, 11) is 4.08. The van der Waals surface area contributed by atoms with Crippen LogP contribution in [0.1, 0.15) is 30.9 Å². The summed E-state index contributed by atoms with van der Waals surface area (Å²) in [5.41, 5.74) is 3.42. The van der Waals surface area contributed by atoms with Crippen molar-refractivity contribution in [3.8, 4) is 0 Å². The van der Waals surface area contributed by atoms with E-state index in [1.165, 1.54) is 31.2 Å². The van der Waals surface area contributed by atoms with Crippen LogP contribution in [0.5, 0.6) is 0 Å². The van der Waals surface area contributed by atoms with E-state index in [1.807, 2.05) is 20.2 Å². The van der Waals surface area contributed by atoms with Crippen LogP contribution in [-0.2, 0) is 0 Å². The second-order valence-corrected chi connectivity index (χ2v) is 5.55. The Morgan fingerprint density at radius 1 is 1.37 bits per heavy atom. The molecule has 0 bridgehead atoms. The van der Waals surface area contributed by atoms with Crippen LogP contribution in [0.25, 0.3) is 11.1 Å². The zero-order valence-corrected chi connectivity index (χ0v) is 11.6. The van der Waals surface area contributed by atoms with Crippen molar-refractivity contribution in [3.63, 3.8) is 0 Å². The summed E-state index contributed by atoms with van der Waals surface area (Å²) in [6, 6.07) is 6.70. The first-order valence-electron chi connectivity index (χ1n) is 6.94. The highest BCUT2D eigenvalue weighted by Crippen LogP contribution is 2.49. The van der Waals surface area contributed by atoms with Crippen molar-refractivity contribution in [1.82, 2.24) is 15.6 Å². The molecule has 4 nitrogen and oxygen atoms in total. The summed E-state index contributed by atoms with van der Waals surface area (Å²) in [6.45, 7) is 1.05. The van der Waals surface area contributed by atoms with Gasteiger partial charge < -0.3 is 15.1 Å². The maximum absolute atomic E-state index is 5.42. The summed E-state index contributed by atoms with van der Waals surface area (Å²) < 4.78 is 5.42. The number of nitrogens with one attached hydrogen (secondary N) is 2. The molecule has 1 aromatic carbocycles. The highest BCUT2D eigenvalue weighted by Gasteiger charge is 2.43. The average Bonchev–Trinajstić information content (AvgIpc) is 2.84. The van der Waals surface area contributed by atoms with Crippen LogP contribution in [0.2, 0.25) is 0 Å². The molecule has 4 heteroatoms. The standard InChI is InChI=1S/C15H21N3O/c1-16-9-15(6-3-7-15)14(17-2)11-4-5-12-13(8-11)19-10-18-12/h4-5,8,10,14,16-17H,3,6-7,9H2,1-2H3. The van der Waals surface area contributed by atoms with E-state index in [-0.39, 0.29) is 0 Å². The van der Waals surface area contributed by atoms with E-state index in [1.54, 1.807) is 0 Å². The minimum absolute atomic E-state index is 0.331. The lowest BCUT2D eigenvalue weighted by atomic mass is 9.62. The largest absolute Gasteiger partial charge is 0.443 e. The Kier molecular flexibility index (Phi) is 3.29. The van der Waals surface area contributed by atoms with Crippen molar-refractivity contribution in [2.45, 2.75) is 25.3 Å². The van der Waals surface area contributed by atoms with Gasteiger partial charge >= 0.3 is 0 Å². The third-order valence-corrected chi connectivity index (χ3v) is 4.47. The molecular formula is C15H21N3O. The SMILES string of the molecule is CNCC1(C(NC)c2ccc3ncoc3c2)CCC1. The molecule has 1 saturated carbocycles. The first-order chi connectivity index (χ1) is 9.29. The zero-order valence-electron chi connectivity index (χ0n) is 11.6. The lowest BCUT2D eigenvalue weighted by Gasteiger charge is -2.48. The van der Waals surface area contributed by atoms with Gasteiger partial charge in [-0.05, 0) is 44.6 Å². The zero-order chi connectivity index (χ0) is 13.3. The number of rotatable bonds is 5. The Morgan fingerprint density at radius 3 is 2.84 bits per heavy atom. The lowest BCUT2D eigenvalue weighted by molar-refractivity contribution is 0.0789. The van der Waals surface area contributed by atoms with Gasteiger partial charge in [0.2, 0.25) is 0 Å². The Morgan fingerprint density at radius 2 is 2.21 bits per heavy atom. The quantitative estimate of drug-likeness (QED) is 0.866. The minimum Gasteiger partial charge on any atom is -0.443 e. The normalized spacial score (nSPS) is 19.3. The molecular weight excluding hydrogens is 238 g/mol. The van der Waals surface area contributed by atoms with Crippen molar-refractivity contribution in [2.24, 2.45) is 5.41 Å². The van der Waals surface area contributed by atoms with Gasteiger partial charge in [-0.1, -0.05) is 12.5 Å². The third-order valence-electron chi connectivity index (χ3n) is 4.47. The smallest absolute Gasteiger partial charge is 0.181 e. The average molecular weight is 259 g/mol. The van der Waals surface area contributed by atoms with Gasteiger partial charge in [0.15, 0.2) is 12.0 Å². The maximum Gasteiger partial charge on any atom is 0.181 e. The molecule has 1 aliphatic carbocycles. The van der Waals surface area contributed by atoms with E-state index in [2.05, 4.69) is 27.8 Å². The first-order valence-corrected chi connectivity index (χ1v) is 6.94. The molecule has 102 valence electrons. The van der Waals surface area contributed by atoms with Crippen LogP contribution in [0.4, 0.5) is 0 Å². The number of fused-ring (bicyclic) bond motifs is 1. The maximum atomic E-state index is 5.42. The second-order valence-electron chi connectivity index (χ2n) is 5.55. The summed E-state index contributed by atoms with van der Waals surface area (Å²) >= 11 is 0. The fraction of sp³-hybridized carbons (Fsp3) is 0.533. The molecule has 3 rings (SSSR count). The number of oxazole rings is 1. The predicted octanol–water partition coefficient (Wildman–Crippen LogP) is 2.48. The number of hydrogen-bond acceptors (Lipinski definition) is 4. The van der Waals surface area contributed by atoms with Gasteiger partial charge in [-0.25, -0.2) is 4.98 Å². The van der Waals surface area contributed by atoms with E-state index in [4.69, 9.17) is 4.42 Å². The Balaban J connectivity index is 1.96. The van der Waals surface area contributed by atoms with Gasteiger partial charge in [-0.2, -0.15) is 0 Å². The van der Waals surface area contributed by atoms with Crippen molar-refractivity contribution >= 4 is 11.1 Å². The third kappa shape index (κ3) is 2.05. The van der Waals surface area contributed by atoms with Crippen LogP contribution < -0.4 is 10.6 Å². The highest BCUT2D eigenvalue weighted by molar-refractivity contribution is 5.73. The van der Waals surface area contributed by atoms with Crippen molar-refractivity contribution < 1.29 is 4.42 Å². The number of benzene rings is 1. The fourth-order valence-corrected chi connectivity index (χ4v) is 3.43. The molecule has 2 N–H and O–H groups in total. The van der Waals surface area contributed by atoms with Gasteiger partial charge in [0.1, 0.15) is 5.52 Å². The van der Waals surface area contributed by atoms with Crippen LogP contribution >= 0.6 is 0 Å². The minimum atomic E-state index is 0.331. The molecule has 1 unspecified atom stereocenters. The molecule has 1 aliphatic rings. The molecule has 1 aromatic heterocycles. The molecule has 0 saturated heterocycles. The molecule has 1 fully saturated rings. The number of aromatic nitrogens is 1. The van der Waals surface area contributed by atoms with Crippen molar-refractivity contribution in [1.29, 1.82) is 0 Å². The lowest BCUT2D eigenvalue weighted by Crippen LogP contribution is -2.47. The first kappa shape index (κ1) is 12.6. The Bertz CT molecular complexity index is 559. The van der Waals surface area contributed by atoms with E-state index in [0.717, 1.165) is 17.6 Å². The van der Waals surface area contributed by atoms with Crippen LogP contribution in [0, 0.1) is 5.41 Å². The van der Waals surface area contributed by atoms with E-state index in [0.29, 0.717) is 11.5 Å². The predicted molar refractivity (Wildman–Crippen MR) is 76.0 cm³/mol. The molecule has 0 amide bonds. The van der Waals surface area contributed by atoms with Crippen LogP contribution in [0.3, 0.4) is 0 Å². The van der Waals surface area contributed by atoms with E-state index >= 15 is 0 Å². The van der Waals surface area contributed by atoms with E-state index < -0.39 is 0 Å². The molecule has 0 spiro atoms. The van der Waals surface area contributed by atoms with Gasteiger partial charge in [-0.15, -0.1) is 0 Å². The molecule has 1 heterocycles. The van der Waals surface area contributed by atoms with Gasteiger partial charge in [0, 0.05) is 18.0 Å². The molecule has 0 radical (unpaired) electrons. The molecule has 0 aliphatic heterocycles. The molecule has 19 heavy (non-hydrogen) atoms. The summed E-state index contributed by atoms with van der Waals surface area (Å²) in [4.78, 5) is 4.18. The molecule has 2 aromatic rings. The summed E-state index contributed by atoms with van der Waals surface area (Å²) in [6.07, 6.45) is 5.38. The number of hydrogen-bond donors (Lipinski definition) is 2. The van der Waals surface area contributed by atoms with Crippen molar-refractivity contribution in [3.05, 3.63) is 30.2 Å². The summed E-state index contributed by atoms with van der Waals surface area (Å²) in [5.74, 6) is 0. The Labute approximate surface area is 113 Å². The number of nitrogens with zero attached hydrogens (tertiary/aromatic N) is 1. The van der Waals surface area contributed by atoms with Gasteiger partial charge in [0.25, 0.3) is 0 Å².